The van der Waals surface area contributed by atoms with Gasteiger partial charge in [-0.3, -0.25) is 0 Å². The summed E-state index contributed by atoms with van der Waals surface area (Å²) in [5.41, 5.74) is 0.724. The van der Waals surface area contributed by atoms with Crippen molar-refractivity contribution < 1.29 is 70.3 Å². The van der Waals surface area contributed by atoms with Gasteiger partial charge in [0.15, 0.2) is 0 Å². The Hall–Kier alpha value is -1.10. The van der Waals surface area contributed by atoms with Crippen molar-refractivity contribution >= 4 is 20.2 Å². The fraction of sp³-hybridized carbons (Fsp3) is 0.600. The quantitative estimate of drug-likeness (QED) is 0.104. The third-order valence-corrected chi connectivity index (χ3v) is 8.65. The number of unbranched alkanes of at least 4 members (excludes halogenated alkanes) is 12. The second-order valence-corrected chi connectivity index (χ2v) is 12.8. The maximum atomic E-state index is 11.5. The van der Waals surface area contributed by atoms with Crippen molar-refractivity contribution in [1.29, 1.82) is 0 Å². The molecule has 0 fully saturated rings. The Bertz CT molecular complexity index is 1120. The van der Waals surface area contributed by atoms with Crippen LogP contribution in [0.15, 0.2) is 46.2 Å². The molecular formula is C30H44Cu2O8S2. The van der Waals surface area contributed by atoms with Crippen LogP contribution >= 0.6 is 0 Å². The fourth-order valence-electron chi connectivity index (χ4n) is 4.63. The smallest absolute Gasteiger partial charge is 0.872 e. The van der Waals surface area contributed by atoms with E-state index < -0.39 is 41.5 Å². The second-order valence-electron chi connectivity index (χ2n) is 10.1. The molecule has 8 nitrogen and oxygen atoms in total. The molecule has 0 atom stereocenters. The van der Waals surface area contributed by atoms with E-state index in [-0.39, 0.29) is 34.1 Å². The van der Waals surface area contributed by atoms with Gasteiger partial charge in [0.1, 0.15) is 20.2 Å². The first-order valence-electron chi connectivity index (χ1n) is 14.4. The predicted molar refractivity (Wildman–Crippen MR) is 151 cm³/mol. The fourth-order valence-corrected chi connectivity index (χ4v) is 6.24. The average Bonchev–Trinajstić information content (AvgIpc) is 2.86. The van der Waals surface area contributed by atoms with Crippen LogP contribution in [0.5, 0.6) is 11.5 Å². The van der Waals surface area contributed by atoms with Gasteiger partial charge in [0, 0.05) is 9.79 Å². The monoisotopic (exact) mass is 722 g/mol. The standard InChI is InChI=1S/2C15H24O4S.2Cu/c2*1-2-3-4-5-6-7-8-10-13-11-9-12-14(16)15(13)20(17,18)19;;/h2*9,11-12,16H,2-8,10H2,1H3,(H,17,18,19);;/q;;2*+2/p-4. The van der Waals surface area contributed by atoms with Gasteiger partial charge in [0.05, 0.1) is 0 Å². The predicted octanol–water partition coefficient (Wildman–Crippen LogP) is 5.91. The molecule has 0 N–H and O–H groups in total. The van der Waals surface area contributed by atoms with Gasteiger partial charge in [-0.1, -0.05) is 139 Å². The summed E-state index contributed by atoms with van der Waals surface area (Å²) in [4.78, 5) is -1.13. The number of hydrogen-bond acceptors (Lipinski definition) is 8. The molecule has 0 heterocycles. The molecule has 0 aliphatic carbocycles. The molecular weight excluding hydrogens is 680 g/mol. The van der Waals surface area contributed by atoms with Gasteiger partial charge in [0.2, 0.25) is 0 Å². The summed E-state index contributed by atoms with van der Waals surface area (Å²) in [6.45, 7) is 4.33. The first kappa shape index (κ1) is 43.0. The van der Waals surface area contributed by atoms with Crippen LogP contribution in [-0.2, 0) is 67.2 Å². The van der Waals surface area contributed by atoms with Crippen LogP contribution in [0.1, 0.15) is 115 Å². The number of benzene rings is 2. The molecule has 0 aliphatic heterocycles. The van der Waals surface area contributed by atoms with E-state index in [1.165, 1.54) is 63.5 Å². The molecule has 2 aromatic rings. The van der Waals surface area contributed by atoms with Crippen LogP contribution < -0.4 is 10.2 Å². The SMILES string of the molecule is CCCCCCCCCc1cccc([O-])c1S(=O)(=O)[O-].CCCCCCCCCc1cccc([O-])c1S(=O)(=O)[O-].[Cu+2].[Cu+2]. The topological polar surface area (TPSA) is 161 Å². The summed E-state index contributed by atoms with van der Waals surface area (Å²) in [5, 5.41) is 23.0. The van der Waals surface area contributed by atoms with E-state index in [0.29, 0.717) is 24.0 Å². The third kappa shape index (κ3) is 17.3. The van der Waals surface area contributed by atoms with E-state index in [1.807, 2.05) is 0 Å². The third-order valence-electron chi connectivity index (χ3n) is 6.72. The van der Waals surface area contributed by atoms with Crippen molar-refractivity contribution in [3.05, 3.63) is 47.5 Å². The Kier molecular flexibility index (Phi) is 23.9. The zero-order chi connectivity index (χ0) is 30.0. The Morgan fingerprint density at radius 1 is 0.500 bits per heavy atom. The van der Waals surface area contributed by atoms with Gasteiger partial charge < -0.3 is 19.3 Å². The van der Waals surface area contributed by atoms with Crippen molar-refractivity contribution in [3.8, 4) is 11.5 Å². The molecule has 0 bridgehead atoms. The zero-order valence-corrected chi connectivity index (χ0v) is 28.0. The second kappa shape index (κ2) is 23.3. The molecule has 0 amide bonds. The van der Waals surface area contributed by atoms with E-state index >= 15 is 0 Å². The van der Waals surface area contributed by atoms with Crippen LogP contribution in [0.25, 0.3) is 0 Å². The Balaban J connectivity index is 0. The minimum atomic E-state index is -4.68. The van der Waals surface area contributed by atoms with Gasteiger partial charge in [-0.05, 0) is 36.8 Å². The van der Waals surface area contributed by atoms with Gasteiger partial charge in [-0.15, -0.1) is 0 Å². The molecule has 0 unspecified atom stereocenters. The number of aryl methyl sites for hydroxylation is 2. The summed E-state index contributed by atoms with van der Waals surface area (Å²) >= 11 is 0. The average molecular weight is 724 g/mol. The minimum absolute atomic E-state index is 0. The Labute approximate surface area is 274 Å². The first-order valence-corrected chi connectivity index (χ1v) is 17.2. The Morgan fingerprint density at radius 3 is 1.07 bits per heavy atom. The Morgan fingerprint density at radius 2 is 0.786 bits per heavy atom. The van der Waals surface area contributed by atoms with E-state index in [9.17, 15) is 36.2 Å². The molecule has 12 heteroatoms. The zero-order valence-electron chi connectivity index (χ0n) is 24.5. The summed E-state index contributed by atoms with van der Waals surface area (Å²) < 4.78 is 66.8. The van der Waals surface area contributed by atoms with E-state index in [4.69, 9.17) is 0 Å². The van der Waals surface area contributed by atoms with Gasteiger partial charge in [-0.25, -0.2) is 16.8 Å². The largest absolute Gasteiger partial charge is 2.00 e. The summed E-state index contributed by atoms with van der Waals surface area (Å²) in [6.07, 6.45) is 16.5. The van der Waals surface area contributed by atoms with Crippen LogP contribution in [0.4, 0.5) is 0 Å². The minimum Gasteiger partial charge on any atom is -0.872 e. The van der Waals surface area contributed by atoms with Gasteiger partial charge in [0.25, 0.3) is 0 Å². The summed E-state index contributed by atoms with van der Waals surface area (Å²) in [7, 11) is -9.36. The van der Waals surface area contributed by atoms with Crippen LogP contribution in [0.3, 0.4) is 0 Å². The molecule has 0 saturated carbocycles. The van der Waals surface area contributed by atoms with Gasteiger partial charge in [-0.2, -0.15) is 0 Å². The number of hydrogen-bond donors (Lipinski definition) is 0. The molecule has 2 aromatic carbocycles. The normalized spacial score (nSPS) is 11.1. The van der Waals surface area contributed by atoms with Crippen LogP contribution in [0.2, 0.25) is 0 Å². The molecule has 0 saturated heterocycles. The molecule has 42 heavy (non-hydrogen) atoms. The summed E-state index contributed by atoms with van der Waals surface area (Å²) in [6, 6.07) is 8.38. The first-order chi connectivity index (χ1) is 18.9. The molecule has 0 spiro atoms. The van der Waals surface area contributed by atoms with Crippen molar-refractivity contribution in [2.75, 3.05) is 0 Å². The van der Waals surface area contributed by atoms with Gasteiger partial charge >= 0.3 is 34.1 Å². The molecule has 2 radical (unpaired) electrons. The van der Waals surface area contributed by atoms with E-state index in [2.05, 4.69) is 13.8 Å². The maximum absolute atomic E-state index is 11.5. The molecule has 2 rings (SSSR count). The van der Waals surface area contributed by atoms with Crippen molar-refractivity contribution in [3.63, 3.8) is 0 Å². The van der Waals surface area contributed by atoms with Crippen LogP contribution in [-0.4, -0.2) is 25.9 Å². The molecule has 246 valence electrons. The molecule has 0 aromatic heterocycles. The number of rotatable bonds is 18. The van der Waals surface area contributed by atoms with Crippen molar-refractivity contribution in [1.82, 2.24) is 0 Å². The van der Waals surface area contributed by atoms with E-state index in [0.717, 1.165) is 50.7 Å². The van der Waals surface area contributed by atoms with Crippen LogP contribution in [0, 0.1) is 0 Å². The van der Waals surface area contributed by atoms with E-state index in [1.54, 1.807) is 12.1 Å². The molecule has 0 aliphatic rings. The van der Waals surface area contributed by atoms with Crippen molar-refractivity contribution in [2.24, 2.45) is 0 Å². The summed E-state index contributed by atoms with van der Waals surface area (Å²) in [5.74, 6) is -1.39. The maximum Gasteiger partial charge on any atom is 2.00 e. The van der Waals surface area contributed by atoms with Crippen molar-refractivity contribution in [2.45, 2.75) is 126 Å².